The minimum atomic E-state index is -3.79. The van der Waals surface area contributed by atoms with Gasteiger partial charge in [0.25, 0.3) is 5.91 Å². The number of likely N-dealkylation sites (N-methyl/N-ethyl adjacent to an activating group) is 1. The van der Waals surface area contributed by atoms with Gasteiger partial charge in [-0.05, 0) is 30.8 Å². The van der Waals surface area contributed by atoms with Gasteiger partial charge in [-0.15, -0.1) is 0 Å². The first kappa shape index (κ1) is 25.6. The van der Waals surface area contributed by atoms with Crippen LogP contribution in [0.15, 0.2) is 53.4 Å². The first-order valence-corrected chi connectivity index (χ1v) is 13.1. The fourth-order valence-electron chi connectivity index (χ4n) is 3.99. The Morgan fingerprint density at radius 2 is 1.70 bits per heavy atom. The van der Waals surface area contributed by atoms with Crippen LogP contribution in [-0.4, -0.2) is 81.3 Å². The molecule has 0 radical (unpaired) electrons. The lowest BCUT2D eigenvalue weighted by atomic mass is 10.0. The number of nitrogens with zero attached hydrogens (tertiary/aromatic N) is 3. The highest BCUT2D eigenvalue weighted by Crippen LogP contribution is 2.26. The van der Waals surface area contributed by atoms with Crippen molar-refractivity contribution in [1.29, 1.82) is 0 Å². The van der Waals surface area contributed by atoms with Crippen molar-refractivity contribution in [3.63, 3.8) is 0 Å². The zero-order valence-corrected chi connectivity index (χ0v) is 21.1. The second kappa shape index (κ2) is 11.4. The molecule has 1 fully saturated rings. The molecule has 1 amide bonds. The van der Waals surface area contributed by atoms with Crippen LogP contribution in [0.2, 0.25) is 5.02 Å². The van der Waals surface area contributed by atoms with Crippen molar-refractivity contribution in [1.82, 2.24) is 19.4 Å². The van der Waals surface area contributed by atoms with E-state index in [9.17, 15) is 13.2 Å². The zero-order chi connectivity index (χ0) is 24.0. The molecule has 1 saturated heterocycles. The summed E-state index contributed by atoms with van der Waals surface area (Å²) in [6.45, 7) is 8.72. The molecule has 0 aliphatic carbocycles. The van der Waals surface area contributed by atoms with Crippen molar-refractivity contribution in [2.24, 2.45) is 0 Å². The lowest BCUT2D eigenvalue weighted by molar-refractivity contribution is 0.0907. The number of hydrogen-bond acceptors (Lipinski definition) is 5. The summed E-state index contributed by atoms with van der Waals surface area (Å²) in [6, 6.07) is 14.1. The molecule has 1 heterocycles. The first-order chi connectivity index (χ1) is 15.8. The highest BCUT2D eigenvalue weighted by molar-refractivity contribution is 7.89. The average Bonchev–Trinajstić information content (AvgIpc) is 2.81. The number of piperazine rings is 1. The van der Waals surface area contributed by atoms with Crippen LogP contribution in [0, 0.1) is 0 Å². The summed E-state index contributed by atoms with van der Waals surface area (Å²) in [4.78, 5) is 17.8. The Morgan fingerprint density at radius 3 is 2.30 bits per heavy atom. The van der Waals surface area contributed by atoms with E-state index in [0.29, 0.717) is 19.6 Å². The third-order valence-electron chi connectivity index (χ3n) is 6.06. The quantitative estimate of drug-likeness (QED) is 0.582. The number of carbonyl (C=O) groups is 1. The van der Waals surface area contributed by atoms with E-state index in [1.54, 1.807) is 19.9 Å². The number of hydrogen-bond donors (Lipinski definition) is 1. The van der Waals surface area contributed by atoms with E-state index in [2.05, 4.69) is 22.2 Å². The van der Waals surface area contributed by atoms with Crippen LogP contribution in [0.3, 0.4) is 0 Å². The Labute approximate surface area is 202 Å². The summed E-state index contributed by atoms with van der Waals surface area (Å²) < 4.78 is 27.4. The van der Waals surface area contributed by atoms with E-state index >= 15 is 0 Å². The van der Waals surface area contributed by atoms with Gasteiger partial charge in [0, 0.05) is 51.4 Å². The van der Waals surface area contributed by atoms with Crippen LogP contribution in [0.4, 0.5) is 0 Å². The van der Waals surface area contributed by atoms with Gasteiger partial charge in [-0.3, -0.25) is 9.69 Å². The van der Waals surface area contributed by atoms with E-state index in [4.69, 9.17) is 11.6 Å². The Morgan fingerprint density at radius 1 is 1.06 bits per heavy atom. The van der Waals surface area contributed by atoms with E-state index in [1.165, 1.54) is 16.4 Å². The predicted octanol–water partition coefficient (Wildman–Crippen LogP) is 3.09. The molecule has 1 aliphatic rings. The Kier molecular flexibility index (Phi) is 8.89. The van der Waals surface area contributed by atoms with Gasteiger partial charge in [-0.1, -0.05) is 55.8 Å². The van der Waals surface area contributed by atoms with Gasteiger partial charge >= 0.3 is 0 Å². The molecule has 0 spiro atoms. The number of halogens is 1. The van der Waals surface area contributed by atoms with Crippen LogP contribution in [0.5, 0.6) is 0 Å². The molecule has 0 bridgehead atoms. The molecule has 7 nitrogen and oxygen atoms in total. The van der Waals surface area contributed by atoms with Gasteiger partial charge in [-0.2, -0.15) is 4.31 Å². The third-order valence-corrected chi connectivity index (χ3v) is 8.59. The number of carbonyl (C=O) groups excluding carboxylic acids is 1. The topological polar surface area (TPSA) is 73.0 Å². The molecule has 1 N–H and O–H groups in total. The first-order valence-electron chi connectivity index (χ1n) is 11.3. The zero-order valence-electron chi connectivity index (χ0n) is 19.5. The van der Waals surface area contributed by atoms with Gasteiger partial charge in [-0.25, -0.2) is 8.42 Å². The summed E-state index contributed by atoms with van der Waals surface area (Å²) in [6.07, 6.45) is 0. The summed E-state index contributed by atoms with van der Waals surface area (Å²) in [7, 11) is -1.68. The number of sulfonamides is 1. The van der Waals surface area contributed by atoms with Gasteiger partial charge in [0.05, 0.1) is 11.1 Å². The summed E-state index contributed by atoms with van der Waals surface area (Å²) in [5, 5.41) is 3.22. The lowest BCUT2D eigenvalue weighted by Crippen LogP contribution is -2.47. The molecular formula is C24H33ClN4O3S. The van der Waals surface area contributed by atoms with Crippen molar-refractivity contribution in [3.05, 3.63) is 64.7 Å². The van der Waals surface area contributed by atoms with Crippen molar-refractivity contribution in [2.75, 3.05) is 52.9 Å². The van der Waals surface area contributed by atoms with E-state index < -0.39 is 10.0 Å². The third kappa shape index (κ3) is 6.33. The molecule has 33 heavy (non-hydrogen) atoms. The number of rotatable bonds is 9. The van der Waals surface area contributed by atoms with Crippen molar-refractivity contribution < 1.29 is 13.2 Å². The highest BCUT2D eigenvalue weighted by Gasteiger charge is 2.27. The predicted molar refractivity (Wildman–Crippen MR) is 132 cm³/mol. The SMILES string of the molecule is CCN(CC)S(=O)(=O)c1cc(C(=O)NC(CN2CCN(C)CC2)c2ccccc2)ccc1Cl. The van der Waals surface area contributed by atoms with Crippen LogP contribution in [0.1, 0.15) is 35.8 Å². The van der Waals surface area contributed by atoms with Crippen molar-refractivity contribution in [2.45, 2.75) is 24.8 Å². The lowest BCUT2D eigenvalue weighted by Gasteiger charge is -2.35. The maximum absolute atomic E-state index is 13.2. The molecule has 1 atom stereocenters. The minimum Gasteiger partial charge on any atom is -0.344 e. The summed E-state index contributed by atoms with van der Waals surface area (Å²) >= 11 is 6.24. The summed E-state index contributed by atoms with van der Waals surface area (Å²) in [5.74, 6) is -0.328. The van der Waals surface area contributed by atoms with E-state index in [-0.39, 0.29) is 27.4 Å². The number of amides is 1. The van der Waals surface area contributed by atoms with Crippen molar-refractivity contribution in [3.8, 4) is 0 Å². The Balaban J connectivity index is 1.85. The summed E-state index contributed by atoms with van der Waals surface area (Å²) in [5.41, 5.74) is 1.28. The second-order valence-corrected chi connectivity index (χ2v) is 10.6. The largest absolute Gasteiger partial charge is 0.344 e. The highest BCUT2D eigenvalue weighted by atomic mass is 35.5. The molecule has 3 rings (SSSR count). The Bertz CT molecular complexity index is 1040. The fourth-order valence-corrected chi connectivity index (χ4v) is 5.95. The van der Waals surface area contributed by atoms with Crippen molar-refractivity contribution >= 4 is 27.5 Å². The normalized spacial score (nSPS) is 16.6. The van der Waals surface area contributed by atoms with Gasteiger partial charge < -0.3 is 10.2 Å². The average molecular weight is 493 g/mol. The molecule has 9 heteroatoms. The van der Waals surface area contributed by atoms with E-state index in [0.717, 1.165) is 31.7 Å². The number of benzene rings is 2. The molecule has 1 aliphatic heterocycles. The fraction of sp³-hybridized carbons (Fsp3) is 0.458. The maximum Gasteiger partial charge on any atom is 0.251 e. The van der Waals surface area contributed by atoms with Gasteiger partial charge in [0.15, 0.2) is 0 Å². The standard InChI is InChI=1S/C24H33ClN4O3S/c1-4-29(5-2)33(31,32)23-17-20(11-12-21(23)25)24(30)26-22(19-9-7-6-8-10-19)18-28-15-13-27(3)14-16-28/h6-12,17,22H,4-5,13-16,18H2,1-3H3,(H,26,30). The van der Waals surface area contributed by atoms with Crippen LogP contribution >= 0.6 is 11.6 Å². The van der Waals surface area contributed by atoms with Crippen LogP contribution in [0.25, 0.3) is 0 Å². The minimum absolute atomic E-state index is 0.0455. The van der Waals surface area contributed by atoms with Gasteiger partial charge in [0.2, 0.25) is 10.0 Å². The van der Waals surface area contributed by atoms with Crippen LogP contribution < -0.4 is 5.32 Å². The molecule has 2 aromatic rings. The maximum atomic E-state index is 13.2. The monoisotopic (exact) mass is 492 g/mol. The molecular weight excluding hydrogens is 460 g/mol. The molecule has 0 saturated carbocycles. The molecule has 0 aromatic heterocycles. The molecule has 1 unspecified atom stereocenters. The Hall–Kier alpha value is -1.97. The molecule has 2 aromatic carbocycles. The second-order valence-electron chi connectivity index (χ2n) is 8.28. The van der Waals surface area contributed by atoms with Crippen LogP contribution in [-0.2, 0) is 10.0 Å². The smallest absolute Gasteiger partial charge is 0.251 e. The number of nitrogens with one attached hydrogen (secondary N) is 1. The van der Waals surface area contributed by atoms with Gasteiger partial charge in [0.1, 0.15) is 4.90 Å². The molecule has 180 valence electrons. The van der Waals surface area contributed by atoms with E-state index in [1.807, 2.05) is 30.3 Å².